The molecule has 1 atom stereocenters. The van der Waals surface area contributed by atoms with Gasteiger partial charge in [-0.3, -0.25) is 9.59 Å². The summed E-state index contributed by atoms with van der Waals surface area (Å²) < 4.78 is 10.6. The molecule has 0 aromatic heterocycles. The molecule has 7 heteroatoms. The molecule has 158 valence electrons. The van der Waals surface area contributed by atoms with Crippen molar-refractivity contribution in [2.75, 3.05) is 30.1 Å². The van der Waals surface area contributed by atoms with E-state index in [0.29, 0.717) is 28.3 Å². The van der Waals surface area contributed by atoms with E-state index in [1.54, 1.807) is 24.3 Å². The average Bonchev–Trinajstić information content (AvgIpc) is 3.44. The molecule has 30 heavy (non-hydrogen) atoms. The number of benzene rings is 2. The van der Waals surface area contributed by atoms with Crippen molar-refractivity contribution in [1.29, 1.82) is 0 Å². The van der Waals surface area contributed by atoms with Gasteiger partial charge in [0.1, 0.15) is 0 Å². The minimum atomic E-state index is -0.268. The van der Waals surface area contributed by atoms with Crippen molar-refractivity contribution in [2.45, 2.75) is 39.2 Å². The molecule has 7 nitrogen and oxygen atoms in total. The zero-order chi connectivity index (χ0) is 21.1. The first-order valence-corrected chi connectivity index (χ1v) is 10.5. The third kappa shape index (κ3) is 4.20. The first-order chi connectivity index (χ1) is 14.5. The van der Waals surface area contributed by atoms with Crippen LogP contribution in [0.2, 0.25) is 0 Å². The smallest absolute Gasteiger partial charge is 0.255 e. The summed E-state index contributed by atoms with van der Waals surface area (Å²) in [6.07, 6.45) is 3.09. The van der Waals surface area contributed by atoms with Crippen molar-refractivity contribution in [2.24, 2.45) is 0 Å². The van der Waals surface area contributed by atoms with Crippen LogP contribution in [0.25, 0.3) is 0 Å². The van der Waals surface area contributed by atoms with Crippen LogP contribution >= 0.6 is 0 Å². The summed E-state index contributed by atoms with van der Waals surface area (Å²) in [5, 5.41) is 5.94. The molecule has 2 aromatic rings. The van der Waals surface area contributed by atoms with Crippen LogP contribution in [0.15, 0.2) is 36.4 Å². The molecular weight excluding hydrogens is 382 g/mol. The lowest BCUT2D eigenvalue weighted by Crippen LogP contribution is -2.33. The number of carbonyl (C=O) groups is 2. The molecule has 2 amide bonds. The zero-order valence-electron chi connectivity index (χ0n) is 17.4. The summed E-state index contributed by atoms with van der Waals surface area (Å²) >= 11 is 0. The Balaban J connectivity index is 1.57. The monoisotopic (exact) mass is 409 g/mol. The number of ether oxygens (including phenoxy) is 2. The van der Waals surface area contributed by atoms with E-state index >= 15 is 0 Å². The SMILES string of the molecule is CC[C@@H](C)NC(=O)c1cc(NC(=O)c2ccc3c(c2)OCO3)ccc1N1CCCC1. The molecule has 0 radical (unpaired) electrons. The highest BCUT2D eigenvalue weighted by Crippen LogP contribution is 2.33. The molecule has 1 fully saturated rings. The lowest BCUT2D eigenvalue weighted by atomic mass is 10.1. The van der Waals surface area contributed by atoms with Gasteiger partial charge in [-0.15, -0.1) is 0 Å². The summed E-state index contributed by atoms with van der Waals surface area (Å²) in [6, 6.07) is 10.7. The number of rotatable bonds is 6. The summed E-state index contributed by atoms with van der Waals surface area (Å²) in [4.78, 5) is 27.9. The van der Waals surface area contributed by atoms with Crippen LogP contribution in [0.4, 0.5) is 11.4 Å². The van der Waals surface area contributed by atoms with Crippen LogP contribution in [0.1, 0.15) is 53.8 Å². The fourth-order valence-electron chi connectivity index (χ4n) is 3.67. The minimum Gasteiger partial charge on any atom is -0.454 e. The van der Waals surface area contributed by atoms with Gasteiger partial charge in [-0.05, 0) is 62.6 Å². The maximum absolute atomic E-state index is 12.9. The molecule has 2 heterocycles. The standard InChI is InChI=1S/C23H27N3O4/c1-3-15(2)24-23(28)18-13-17(7-8-19(18)26-10-4-5-11-26)25-22(27)16-6-9-20-21(12-16)30-14-29-20/h6-9,12-13,15H,3-5,10-11,14H2,1-2H3,(H,24,28)(H,25,27)/t15-/m1/s1. The Morgan fingerprint density at radius 2 is 1.80 bits per heavy atom. The predicted molar refractivity (Wildman–Crippen MR) is 116 cm³/mol. The Kier molecular flexibility index (Phi) is 5.79. The number of nitrogens with zero attached hydrogens (tertiary/aromatic N) is 1. The predicted octanol–water partition coefficient (Wildman–Crippen LogP) is 3.80. The Morgan fingerprint density at radius 1 is 1.03 bits per heavy atom. The van der Waals surface area contributed by atoms with Gasteiger partial charge in [0.15, 0.2) is 11.5 Å². The molecule has 2 aliphatic rings. The third-order valence-electron chi connectivity index (χ3n) is 5.57. The number of anilines is 2. The van der Waals surface area contributed by atoms with Gasteiger partial charge in [-0.25, -0.2) is 0 Å². The lowest BCUT2D eigenvalue weighted by molar-refractivity contribution is 0.0938. The number of hydrogen-bond donors (Lipinski definition) is 2. The second kappa shape index (κ2) is 8.65. The summed E-state index contributed by atoms with van der Waals surface area (Å²) in [5.41, 5.74) is 2.54. The minimum absolute atomic E-state index is 0.0795. The fraction of sp³-hybridized carbons (Fsp3) is 0.391. The molecule has 1 saturated heterocycles. The second-order valence-electron chi connectivity index (χ2n) is 7.73. The molecule has 0 unspecified atom stereocenters. The van der Waals surface area contributed by atoms with Crippen molar-refractivity contribution in [3.63, 3.8) is 0 Å². The number of nitrogens with one attached hydrogen (secondary N) is 2. The van der Waals surface area contributed by atoms with E-state index < -0.39 is 0 Å². The van der Waals surface area contributed by atoms with Crippen LogP contribution < -0.4 is 25.0 Å². The fourth-order valence-corrected chi connectivity index (χ4v) is 3.67. The zero-order valence-corrected chi connectivity index (χ0v) is 17.4. The van der Waals surface area contributed by atoms with Gasteiger partial charge in [0, 0.05) is 36.1 Å². The first kappa shape index (κ1) is 20.1. The van der Waals surface area contributed by atoms with E-state index in [4.69, 9.17) is 9.47 Å². The maximum Gasteiger partial charge on any atom is 0.255 e. The molecule has 2 aromatic carbocycles. The number of hydrogen-bond acceptors (Lipinski definition) is 5. The van der Waals surface area contributed by atoms with Crippen molar-refractivity contribution in [3.8, 4) is 11.5 Å². The summed E-state index contributed by atoms with van der Waals surface area (Å²) in [6.45, 7) is 6.05. The van der Waals surface area contributed by atoms with Gasteiger partial charge in [0.25, 0.3) is 11.8 Å². The van der Waals surface area contributed by atoms with Crippen LogP contribution in [0, 0.1) is 0 Å². The van der Waals surface area contributed by atoms with Gasteiger partial charge >= 0.3 is 0 Å². The highest BCUT2D eigenvalue weighted by Gasteiger charge is 2.22. The number of fused-ring (bicyclic) bond motifs is 1. The molecular formula is C23H27N3O4. The summed E-state index contributed by atoms with van der Waals surface area (Å²) in [7, 11) is 0. The Labute approximate surface area is 176 Å². The quantitative estimate of drug-likeness (QED) is 0.759. The van der Waals surface area contributed by atoms with Crippen LogP contribution in [-0.2, 0) is 0 Å². The largest absolute Gasteiger partial charge is 0.454 e. The van der Waals surface area contributed by atoms with Crippen molar-refractivity contribution in [1.82, 2.24) is 5.32 Å². The first-order valence-electron chi connectivity index (χ1n) is 10.5. The average molecular weight is 409 g/mol. The molecule has 2 aliphatic heterocycles. The van der Waals surface area contributed by atoms with Gasteiger partial charge in [0.2, 0.25) is 6.79 Å². The topological polar surface area (TPSA) is 79.9 Å². The van der Waals surface area contributed by atoms with E-state index in [2.05, 4.69) is 15.5 Å². The Hall–Kier alpha value is -3.22. The number of amides is 2. The molecule has 4 rings (SSSR count). The molecule has 0 spiro atoms. The van der Waals surface area contributed by atoms with Crippen molar-refractivity contribution in [3.05, 3.63) is 47.5 Å². The highest BCUT2D eigenvalue weighted by atomic mass is 16.7. The van der Waals surface area contributed by atoms with Crippen LogP contribution in [0.5, 0.6) is 11.5 Å². The Bertz CT molecular complexity index is 953. The lowest BCUT2D eigenvalue weighted by Gasteiger charge is -2.23. The van der Waals surface area contributed by atoms with Crippen molar-refractivity contribution >= 4 is 23.2 Å². The van der Waals surface area contributed by atoms with E-state index in [0.717, 1.165) is 38.0 Å². The van der Waals surface area contributed by atoms with Crippen LogP contribution in [-0.4, -0.2) is 37.7 Å². The molecule has 2 N–H and O–H groups in total. The van der Waals surface area contributed by atoms with Gasteiger partial charge < -0.3 is 25.0 Å². The van der Waals surface area contributed by atoms with Crippen LogP contribution in [0.3, 0.4) is 0 Å². The molecule has 0 bridgehead atoms. The van der Waals surface area contributed by atoms with Gasteiger partial charge in [0.05, 0.1) is 5.56 Å². The summed E-state index contributed by atoms with van der Waals surface area (Å²) in [5.74, 6) is 0.798. The number of carbonyl (C=O) groups excluding carboxylic acids is 2. The molecule has 0 saturated carbocycles. The molecule has 0 aliphatic carbocycles. The maximum atomic E-state index is 12.9. The van der Waals surface area contributed by atoms with E-state index in [1.807, 2.05) is 26.0 Å². The van der Waals surface area contributed by atoms with Gasteiger partial charge in [-0.2, -0.15) is 0 Å². The van der Waals surface area contributed by atoms with E-state index in [9.17, 15) is 9.59 Å². The van der Waals surface area contributed by atoms with Gasteiger partial charge in [-0.1, -0.05) is 6.92 Å². The van der Waals surface area contributed by atoms with Crippen molar-refractivity contribution < 1.29 is 19.1 Å². The Morgan fingerprint density at radius 3 is 2.57 bits per heavy atom. The third-order valence-corrected chi connectivity index (χ3v) is 5.57. The van der Waals surface area contributed by atoms with E-state index in [1.165, 1.54) is 0 Å². The normalized spacial score (nSPS) is 15.7. The second-order valence-corrected chi connectivity index (χ2v) is 7.73. The highest BCUT2D eigenvalue weighted by molar-refractivity contribution is 6.06. The van der Waals surface area contributed by atoms with E-state index in [-0.39, 0.29) is 24.6 Å².